The van der Waals surface area contributed by atoms with E-state index in [4.69, 9.17) is 9.47 Å². The molecule has 1 aromatic heterocycles. The number of ether oxygens (including phenoxy) is 2. The lowest BCUT2D eigenvalue weighted by Gasteiger charge is -2.11. The zero-order valence-corrected chi connectivity index (χ0v) is 15.2. The molecule has 0 aliphatic heterocycles. The number of nitrogens with zero attached hydrogens (tertiary/aromatic N) is 1. The zero-order valence-electron chi connectivity index (χ0n) is 15.2. The van der Waals surface area contributed by atoms with Crippen LogP contribution in [0.15, 0.2) is 66.9 Å². The first-order chi connectivity index (χ1) is 13.2. The van der Waals surface area contributed by atoms with Crippen LogP contribution in [0.3, 0.4) is 0 Å². The fourth-order valence-corrected chi connectivity index (χ4v) is 2.54. The molecule has 3 aromatic rings. The Morgan fingerprint density at radius 1 is 0.963 bits per heavy atom. The van der Waals surface area contributed by atoms with Gasteiger partial charge in [-0.3, -0.25) is 4.79 Å². The number of pyridine rings is 1. The van der Waals surface area contributed by atoms with Gasteiger partial charge in [0, 0.05) is 24.5 Å². The number of benzene rings is 2. The lowest BCUT2D eigenvalue weighted by molar-refractivity contribution is 0.0950. The van der Waals surface area contributed by atoms with Gasteiger partial charge in [-0.25, -0.2) is 4.98 Å². The first kappa shape index (κ1) is 18.3. The van der Waals surface area contributed by atoms with Crippen LogP contribution in [0.5, 0.6) is 11.5 Å². The van der Waals surface area contributed by atoms with Crippen molar-refractivity contribution in [3.05, 3.63) is 78.0 Å². The highest BCUT2D eigenvalue weighted by Gasteiger charge is 2.08. The summed E-state index contributed by atoms with van der Waals surface area (Å²) in [6, 6.07) is 18.7. The number of hydrogen-bond donors (Lipinski definition) is 2. The van der Waals surface area contributed by atoms with Crippen LogP contribution in [0.2, 0.25) is 0 Å². The highest BCUT2D eigenvalue weighted by molar-refractivity contribution is 5.94. The number of hydrogen-bond acceptors (Lipinski definition) is 5. The van der Waals surface area contributed by atoms with Gasteiger partial charge in [-0.15, -0.1) is 0 Å². The normalized spacial score (nSPS) is 10.1. The molecule has 2 N–H and O–H groups in total. The molecule has 138 valence electrons. The lowest BCUT2D eigenvalue weighted by Crippen LogP contribution is -2.22. The monoisotopic (exact) mass is 363 g/mol. The molecule has 27 heavy (non-hydrogen) atoms. The Balaban J connectivity index is 1.62. The standard InChI is InChI=1S/C21H21N3O3/c1-26-18-10-9-17(12-19(18)27-2)24-20-11-8-16(14-22-20)21(25)23-13-15-6-4-3-5-7-15/h3-12,14H,13H2,1-2H3,(H,22,24)(H,23,25). The molecule has 0 fully saturated rings. The maximum atomic E-state index is 12.2. The molecule has 1 heterocycles. The largest absolute Gasteiger partial charge is 0.493 e. The number of methoxy groups -OCH3 is 2. The second-order valence-corrected chi connectivity index (χ2v) is 5.80. The summed E-state index contributed by atoms with van der Waals surface area (Å²) in [5, 5.41) is 6.06. The topological polar surface area (TPSA) is 72.5 Å². The molecular formula is C21H21N3O3. The zero-order chi connectivity index (χ0) is 19.1. The van der Waals surface area contributed by atoms with Crippen LogP contribution in [-0.2, 0) is 6.54 Å². The predicted molar refractivity (Wildman–Crippen MR) is 105 cm³/mol. The molecule has 6 heteroatoms. The lowest BCUT2D eigenvalue weighted by atomic mass is 10.2. The summed E-state index contributed by atoms with van der Waals surface area (Å²) in [5.41, 5.74) is 2.36. The molecule has 0 aliphatic carbocycles. The highest BCUT2D eigenvalue weighted by atomic mass is 16.5. The van der Waals surface area contributed by atoms with Crippen LogP contribution in [0.4, 0.5) is 11.5 Å². The van der Waals surface area contributed by atoms with Crippen molar-refractivity contribution in [1.82, 2.24) is 10.3 Å². The fraction of sp³-hybridized carbons (Fsp3) is 0.143. The van der Waals surface area contributed by atoms with Gasteiger partial charge in [0.05, 0.1) is 19.8 Å². The van der Waals surface area contributed by atoms with E-state index in [0.29, 0.717) is 29.4 Å². The van der Waals surface area contributed by atoms with Crippen LogP contribution in [0, 0.1) is 0 Å². The highest BCUT2D eigenvalue weighted by Crippen LogP contribution is 2.30. The number of aromatic nitrogens is 1. The Morgan fingerprint density at radius 3 is 2.41 bits per heavy atom. The van der Waals surface area contributed by atoms with Crippen molar-refractivity contribution in [2.45, 2.75) is 6.54 Å². The average molecular weight is 363 g/mol. The van der Waals surface area contributed by atoms with Gasteiger partial charge in [-0.2, -0.15) is 0 Å². The molecule has 3 rings (SSSR count). The summed E-state index contributed by atoms with van der Waals surface area (Å²) >= 11 is 0. The summed E-state index contributed by atoms with van der Waals surface area (Å²) in [6.07, 6.45) is 1.55. The van der Waals surface area contributed by atoms with Gasteiger partial charge in [-0.05, 0) is 29.8 Å². The third kappa shape index (κ3) is 4.76. The van der Waals surface area contributed by atoms with Crippen molar-refractivity contribution in [2.75, 3.05) is 19.5 Å². The van der Waals surface area contributed by atoms with Gasteiger partial charge in [0.1, 0.15) is 5.82 Å². The molecule has 0 atom stereocenters. The predicted octanol–water partition coefficient (Wildman–Crippen LogP) is 3.77. The molecule has 0 saturated heterocycles. The fourth-order valence-electron chi connectivity index (χ4n) is 2.54. The van der Waals surface area contributed by atoms with Crippen molar-refractivity contribution < 1.29 is 14.3 Å². The summed E-state index contributed by atoms with van der Waals surface area (Å²) in [5.74, 6) is 1.74. The number of nitrogens with one attached hydrogen (secondary N) is 2. The number of carbonyl (C=O) groups is 1. The summed E-state index contributed by atoms with van der Waals surface area (Å²) in [6.45, 7) is 0.477. The number of amides is 1. The van der Waals surface area contributed by atoms with Crippen molar-refractivity contribution >= 4 is 17.4 Å². The van der Waals surface area contributed by atoms with E-state index < -0.39 is 0 Å². The number of anilines is 2. The van der Waals surface area contributed by atoms with Gasteiger partial charge in [0.2, 0.25) is 0 Å². The maximum absolute atomic E-state index is 12.2. The van der Waals surface area contributed by atoms with E-state index in [2.05, 4.69) is 15.6 Å². The molecule has 0 saturated carbocycles. The van der Waals surface area contributed by atoms with Gasteiger partial charge in [-0.1, -0.05) is 30.3 Å². The molecule has 0 bridgehead atoms. The smallest absolute Gasteiger partial charge is 0.253 e. The van der Waals surface area contributed by atoms with E-state index in [0.717, 1.165) is 11.3 Å². The Bertz CT molecular complexity index is 896. The van der Waals surface area contributed by atoms with Gasteiger partial charge in [0.15, 0.2) is 11.5 Å². The van der Waals surface area contributed by atoms with Crippen molar-refractivity contribution in [3.8, 4) is 11.5 Å². The SMILES string of the molecule is COc1ccc(Nc2ccc(C(=O)NCc3ccccc3)cn2)cc1OC. The Kier molecular flexibility index (Phi) is 5.89. The molecule has 0 aliphatic rings. The minimum absolute atomic E-state index is 0.163. The van der Waals surface area contributed by atoms with E-state index >= 15 is 0 Å². The van der Waals surface area contributed by atoms with Crippen molar-refractivity contribution in [3.63, 3.8) is 0 Å². The minimum Gasteiger partial charge on any atom is -0.493 e. The first-order valence-electron chi connectivity index (χ1n) is 8.47. The van der Waals surface area contributed by atoms with E-state index in [9.17, 15) is 4.79 Å². The van der Waals surface area contributed by atoms with Crippen molar-refractivity contribution in [1.29, 1.82) is 0 Å². The molecule has 6 nitrogen and oxygen atoms in total. The Morgan fingerprint density at radius 2 is 1.74 bits per heavy atom. The summed E-state index contributed by atoms with van der Waals surface area (Å²) < 4.78 is 10.5. The average Bonchev–Trinajstić information content (AvgIpc) is 2.73. The molecule has 0 radical (unpaired) electrons. The van der Waals surface area contributed by atoms with Gasteiger partial charge < -0.3 is 20.1 Å². The first-order valence-corrected chi connectivity index (χ1v) is 8.47. The molecule has 0 unspecified atom stereocenters. The van der Waals surface area contributed by atoms with E-state index in [1.54, 1.807) is 32.5 Å². The third-order valence-corrected chi connectivity index (χ3v) is 3.98. The molecule has 2 aromatic carbocycles. The number of carbonyl (C=O) groups excluding carboxylic acids is 1. The van der Waals surface area contributed by atoms with Crippen LogP contribution in [0.25, 0.3) is 0 Å². The van der Waals surface area contributed by atoms with E-state index in [1.165, 1.54) is 0 Å². The van der Waals surface area contributed by atoms with Gasteiger partial charge >= 0.3 is 0 Å². The summed E-state index contributed by atoms with van der Waals surface area (Å²) in [7, 11) is 3.18. The third-order valence-electron chi connectivity index (χ3n) is 3.98. The van der Waals surface area contributed by atoms with Crippen LogP contribution >= 0.6 is 0 Å². The van der Waals surface area contributed by atoms with Gasteiger partial charge in [0.25, 0.3) is 5.91 Å². The molecular weight excluding hydrogens is 342 g/mol. The summed E-state index contributed by atoms with van der Waals surface area (Å²) in [4.78, 5) is 16.5. The van der Waals surface area contributed by atoms with Crippen LogP contribution < -0.4 is 20.1 Å². The van der Waals surface area contributed by atoms with E-state index in [1.807, 2.05) is 48.5 Å². The Hall–Kier alpha value is -3.54. The van der Waals surface area contributed by atoms with E-state index in [-0.39, 0.29) is 5.91 Å². The minimum atomic E-state index is -0.163. The molecule has 1 amide bonds. The second-order valence-electron chi connectivity index (χ2n) is 5.80. The maximum Gasteiger partial charge on any atom is 0.253 e. The number of rotatable bonds is 7. The quantitative estimate of drug-likeness (QED) is 0.668. The van der Waals surface area contributed by atoms with Crippen LogP contribution in [-0.4, -0.2) is 25.1 Å². The Labute approximate surface area is 158 Å². The second kappa shape index (κ2) is 8.71. The van der Waals surface area contributed by atoms with Crippen LogP contribution in [0.1, 0.15) is 15.9 Å². The molecule has 0 spiro atoms. The van der Waals surface area contributed by atoms with Crippen molar-refractivity contribution in [2.24, 2.45) is 0 Å².